The van der Waals surface area contributed by atoms with Crippen molar-refractivity contribution in [2.45, 2.75) is 0 Å². The molecule has 0 radical (unpaired) electrons. The van der Waals surface area contributed by atoms with Crippen molar-refractivity contribution in [3.63, 3.8) is 0 Å². The van der Waals surface area contributed by atoms with Gasteiger partial charge in [-0.1, -0.05) is 12.1 Å². The molecule has 0 aliphatic carbocycles. The minimum absolute atomic E-state index is 0.680. The number of fused-ring (bicyclic) bond motifs is 1. The van der Waals surface area contributed by atoms with E-state index in [0.29, 0.717) is 5.82 Å². The van der Waals surface area contributed by atoms with Crippen molar-refractivity contribution in [3.8, 4) is 17.1 Å². The molecule has 1 aliphatic rings. The molecule has 118 valence electrons. The van der Waals surface area contributed by atoms with Crippen LogP contribution in [0.3, 0.4) is 0 Å². The van der Waals surface area contributed by atoms with Crippen LogP contribution in [-0.2, 0) is 0 Å². The highest BCUT2D eigenvalue weighted by molar-refractivity contribution is 5.67. The van der Waals surface area contributed by atoms with E-state index in [-0.39, 0.29) is 0 Å². The number of piperazine rings is 1. The van der Waals surface area contributed by atoms with Crippen molar-refractivity contribution in [2.75, 3.05) is 38.2 Å². The molecule has 0 atom stereocenters. The van der Waals surface area contributed by atoms with Crippen LogP contribution in [0.4, 0.5) is 5.69 Å². The predicted molar refractivity (Wildman–Crippen MR) is 90.1 cm³/mol. The first-order valence-corrected chi connectivity index (χ1v) is 7.80. The van der Waals surface area contributed by atoms with Crippen LogP contribution in [0.15, 0.2) is 42.6 Å². The van der Waals surface area contributed by atoms with E-state index < -0.39 is 0 Å². The van der Waals surface area contributed by atoms with Gasteiger partial charge in [0.1, 0.15) is 5.75 Å². The number of nitrogens with zero attached hydrogens (tertiary/aromatic N) is 4. The zero-order valence-corrected chi connectivity index (χ0v) is 13.1. The van der Waals surface area contributed by atoms with Gasteiger partial charge in [0.05, 0.1) is 12.7 Å². The Morgan fingerprint density at radius 1 is 1.13 bits per heavy atom. The van der Waals surface area contributed by atoms with Crippen molar-refractivity contribution >= 4 is 11.3 Å². The smallest absolute Gasteiger partial charge is 0.185 e. The number of hydrogen-bond donors (Lipinski definition) is 1. The summed E-state index contributed by atoms with van der Waals surface area (Å²) in [6.45, 7) is 4.07. The van der Waals surface area contributed by atoms with Crippen molar-refractivity contribution in [3.05, 3.63) is 42.6 Å². The Morgan fingerprint density at radius 2 is 1.96 bits per heavy atom. The normalized spacial score (nSPS) is 15.1. The minimum Gasteiger partial charge on any atom is -0.496 e. The molecule has 3 heterocycles. The first-order chi connectivity index (χ1) is 11.3. The van der Waals surface area contributed by atoms with E-state index in [0.717, 1.165) is 43.1 Å². The summed E-state index contributed by atoms with van der Waals surface area (Å²) in [5, 5.41) is 7.94. The second-order valence-electron chi connectivity index (χ2n) is 5.56. The number of nitrogens with one attached hydrogen (secondary N) is 1. The van der Waals surface area contributed by atoms with Gasteiger partial charge >= 0.3 is 0 Å². The number of para-hydroxylation sites is 1. The fraction of sp³-hybridized carbons (Fsp3) is 0.294. The summed E-state index contributed by atoms with van der Waals surface area (Å²) >= 11 is 0. The number of methoxy groups -OCH3 is 1. The molecule has 0 saturated carbocycles. The fourth-order valence-electron chi connectivity index (χ4n) is 2.93. The van der Waals surface area contributed by atoms with Gasteiger partial charge < -0.3 is 15.0 Å². The predicted octanol–water partition coefficient (Wildman–Crippen LogP) is 1.81. The van der Waals surface area contributed by atoms with Crippen molar-refractivity contribution in [1.82, 2.24) is 19.9 Å². The molecule has 1 aliphatic heterocycles. The largest absolute Gasteiger partial charge is 0.496 e. The Labute approximate surface area is 134 Å². The summed E-state index contributed by atoms with van der Waals surface area (Å²) in [7, 11) is 1.66. The average molecular weight is 309 g/mol. The Hall–Kier alpha value is -2.60. The molecular formula is C17H19N5O. The third kappa shape index (κ3) is 2.61. The van der Waals surface area contributed by atoms with E-state index in [2.05, 4.69) is 32.4 Å². The van der Waals surface area contributed by atoms with Gasteiger partial charge in [-0.05, 0) is 18.2 Å². The number of hydrogen-bond acceptors (Lipinski definition) is 5. The molecule has 1 N–H and O–H groups in total. The van der Waals surface area contributed by atoms with Gasteiger partial charge in [-0.2, -0.15) is 0 Å². The zero-order valence-electron chi connectivity index (χ0n) is 13.1. The SMILES string of the molecule is COc1ccccc1-c1nc2cc(N3CCNCC3)ccn2n1. The molecule has 23 heavy (non-hydrogen) atoms. The summed E-state index contributed by atoms with van der Waals surface area (Å²) in [6, 6.07) is 12.0. The molecule has 1 fully saturated rings. The molecule has 0 amide bonds. The van der Waals surface area contributed by atoms with E-state index in [1.54, 1.807) is 7.11 Å². The Bertz CT molecular complexity index is 823. The molecule has 6 nitrogen and oxygen atoms in total. The fourth-order valence-corrected chi connectivity index (χ4v) is 2.93. The van der Waals surface area contributed by atoms with Crippen LogP contribution in [0.25, 0.3) is 17.0 Å². The molecular weight excluding hydrogens is 290 g/mol. The summed E-state index contributed by atoms with van der Waals surface area (Å²) in [4.78, 5) is 7.05. The lowest BCUT2D eigenvalue weighted by atomic mass is 10.2. The van der Waals surface area contributed by atoms with E-state index in [1.165, 1.54) is 5.69 Å². The van der Waals surface area contributed by atoms with Crippen LogP contribution >= 0.6 is 0 Å². The van der Waals surface area contributed by atoms with Gasteiger partial charge in [-0.25, -0.2) is 9.50 Å². The van der Waals surface area contributed by atoms with Crippen molar-refractivity contribution < 1.29 is 4.74 Å². The van der Waals surface area contributed by atoms with Gasteiger partial charge in [0.25, 0.3) is 0 Å². The Kier molecular flexibility index (Phi) is 3.59. The number of pyridine rings is 1. The highest BCUT2D eigenvalue weighted by atomic mass is 16.5. The number of ether oxygens (including phenoxy) is 1. The van der Waals surface area contributed by atoms with Crippen LogP contribution in [0.1, 0.15) is 0 Å². The molecule has 1 aromatic carbocycles. The van der Waals surface area contributed by atoms with Crippen LogP contribution in [0, 0.1) is 0 Å². The maximum absolute atomic E-state index is 5.41. The lowest BCUT2D eigenvalue weighted by molar-refractivity contribution is 0.416. The molecule has 3 aromatic rings. The monoisotopic (exact) mass is 309 g/mol. The standard InChI is InChI=1S/C17H19N5O/c1-23-15-5-3-2-4-14(15)17-19-16-12-13(6-9-22(16)20-17)21-10-7-18-8-11-21/h2-6,9,12,18H,7-8,10-11H2,1H3. The summed E-state index contributed by atoms with van der Waals surface area (Å²) in [5.74, 6) is 1.46. The third-order valence-corrected chi connectivity index (χ3v) is 4.15. The Balaban J connectivity index is 1.73. The zero-order chi connectivity index (χ0) is 15.6. The second-order valence-corrected chi connectivity index (χ2v) is 5.56. The number of aromatic nitrogens is 3. The van der Waals surface area contributed by atoms with Gasteiger partial charge in [-0.15, -0.1) is 5.10 Å². The molecule has 0 unspecified atom stereocenters. The quantitative estimate of drug-likeness (QED) is 0.800. The lowest BCUT2D eigenvalue weighted by Gasteiger charge is -2.29. The minimum atomic E-state index is 0.680. The van der Waals surface area contributed by atoms with Gasteiger partial charge in [0, 0.05) is 44.1 Å². The second kappa shape index (κ2) is 5.89. The van der Waals surface area contributed by atoms with E-state index >= 15 is 0 Å². The number of anilines is 1. The van der Waals surface area contributed by atoms with Gasteiger partial charge in [0.15, 0.2) is 11.5 Å². The topological polar surface area (TPSA) is 54.7 Å². The molecule has 6 heteroatoms. The Morgan fingerprint density at radius 3 is 2.78 bits per heavy atom. The van der Waals surface area contributed by atoms with Crippen LogP contribution in [-0.4, -0.2) is 47.9 Å². The average Bonchev–Trinajstić information content (AvgIpc) is 3.05. The highest BCUT2D eigenvalue weighted by Gasteiger charge is 2.14. The first-order valence-electron chi connectivity index (χ1n) is 7.80. The van der Waals surface area contributed by atoms with Crippen molar-refractivity contribution in [2.24, 2.45) is 0 Å². The third-order valence-electron chi connectivity index (χ3n) is 4.15. The molecule has 4 rings (SSSR count). The molecule has 0 spiro atoms. The molecule has 2 aromatic heterocycles. The van der Waals surface area contributed by atoms with Gasteiger partial charge in [-0.3, -0.25) is 0 Å². The maximum atomic E-state index is 5.41. The van der Waals surface area contributed by atoms with Crippen molar-refractivity contribution in [1.29, 1.82) is 0 Å². The maximum Gasteiger partial charge on any atom is 0.185 e. The summed E-state index contributed by atoms with van der Waals surface area (Å²) < 4.78 is 7.22. The van der Waals surface area contributed by atoms with E-state index in [1.807, 2.05) is 35.0 Å². The van der Waals surface area contributed by atoms with Crippen LogP contribution in [0.2, 0.25) is 0 Å². The van der Waals surface area contributed by atoms with Crippen LogP contribution < -0.4 is 15.0 Å². The van der Waals surface area contributed by atoms with E-state index in [4.69, 9.17) is 4.74 Å². The molecule has 0 bridgehead atoms. The molecule has 1 saturated heterocycles. The van der Waals surface area contributed by atoms with Gasteiger partial charge in [0.2, 0.25) is 0 Å². The lowest BCUT2D eigenvalue weighted by Crippen LogP contribution is -2.43. The van der Waals surface area contributed by atoms with E-state index in [9.17, 15) is 0 Å². The number of rotatable bonds is 3. The first kappa shape index (κ1) is 14.0. The number of benzene rings is 1. The van der Waals surface area contributed by atoms with Crippen LogP contribution in [0.5, 0.6) is 5.75 Å². The highest BCUT2D eigenvalue weighted by Crippen LogP contribution is 2.27. The summed E-state index contributed by atoms with van der Waals surface area (Å²) in [5.41, 5.74) is 2.95. The summed E-state index contributed by atoms with van der Waals surface area (Å²) in [6.07, 6.45) is 1.97.